The lowest BCUT2D eigenvalue weighted by Gasteiger charge is -2.17. The maximum atomic E-state index is 6.83. The summed E-state index contributed by atoms with van der Waals surface area (Å²) < 4.78 is 11.3. The van der Waals surface area contributed by atoms with Crippen LogP contribution in [0.2, 0.25) is 0 Å². The van der Waals surface area contributed by atoms with Crippen molar-refractivity contribution in [1.29, 1.82) is 0 Å². The molecule has 7 rings (SSSR count). The summed E-state index contributed by atoms with van der Waals surface area (Å²) in [4.78, 5) is 4.87. The summed E-state index contributed by atoms with van der Waals surface area (Å²) in [5, 5.41) is 7.64. The van der Waals surface area contributed by atoms with E-state index in [1.54, 1.807) is 0 Å². The Morgan fingerprint density at radius 3 is 2.23 bits per heavy atom. The lowest BCUT2D eigenvalue weighted by atomic mass is 9.92. The van der Waals surface area contributed by atoms with Crippen LogP contribution in [0.25, 0.3) is 44.4 Å². The molecule has 0 saturated heterocycles. The largest absolute Gasteiger partial charge is 0.457 e. The molecule has 0 bridgehead atoms. The first kappa shape index (κ1) is 35.3. The normalized spacial score (nSPS) is 11.8. The van der Waals surface area contributed by atoms with Crippen LogP contribution in [0.3, 0.4) is 0 Å². The summed E-state index contributed by atoms with van der Waals surface area (Å²) in [6, 6.07) is 32.6. The van der Waals surface area contributed by atoms with Crippen molar-refractivity contribution in [2.75, 3.05) is 0 Å². The molecule has 0 aliphatic rings. The van der Waals surface area contributed by atoms with Crippen molar-refractivity contribution in [2.24, 2.45) is 5.92 Å². The average Bonchev–Trinajstić information content (AvgIpc) is 3.63. The van der Waals surface area contributed by atoms with E-state index in [4.69, 9.17) is 14.8 Å². The lowest BCUT2D eigenvalue weighted by Crippen LogP contribution is -2.06. The van der Waals surface area contributed by atoms with Gasteiger partial charge in [-0.3, -0.25) is 4.57 Å². The van der Waals surface area contributed by atoms with Gasteiger partial charge in [-0.1, -0.05) is 77.4 Å². The Bertz CT molecular complexity index is 2350. The zero-order valence-electron chi connectivity index (χ0n) is 32.1. The highest BCUT2D eigenvalue weighted by molar-refractivity contribution is 6.09. The van der Waals surface area contributed by atoms with E-state index in [1.807, 2.05) is 6.20 Å². The minimum atomic E-state index is 0.312. The maximum Gasteiger partial charge on any atom is 0.137 e. The Morgan fingerprint density at radius 2 is 1.48 bits per heavy atom. The molecule has 0 aliphatic carbocycles. The topological polar surface area (TPSA) is 44.9 Å². The number of unbranched alkanes of at least 4 members (excludes halogenated alkanes) is 1. The third-order valence-electron chi connectivity index (χ3n) is 10.4. The number of ether oxygens (including phenoxy) is 1. The van der Waals surface area contributed by atoms with Gasteiger partial charge in [-0.25, -0.2) is 9.67 Å². The second-order valence-corrected chi connectivity index (χ2v) is 15.2. The molecule has 0 unspecified atom stereocenters. The molecule has 5 nitrogen and oxygen atoms in total. The molecule has 4 aromatic carbocycles. The van der Waals surface area contributed by atoms with Gasteiger partial charge in [0, 0.05) is 34.7 Å². The maximum absolute atomic E-state index is 6.83. The van der Waals surface area contributed by atoms with E-state index in [0.717, 1.165) is 65.4 Å². The summed E-state index contributed by atoms with van der Waals surface area (Å²) in [5.41, 5.74) is 13.2. The van der Waals surface area contributed by atoms with Gasteiger partial charge in [-0.15, -0.1) is 0 Å². The van der Waals surface area contributed by atoms with Gasteiger partial charge < -0.3 is 4.74 Å². The minimum absolute atomic E-state index is 0.312. The van der Waals surface area contributed by atoms with Crippen molar-refractivity contribution in [3.63, 3.8) is 0 Å². The standard InChI is InChI=1S/C47H52N4O/c1-9-10-16-35-23-24-48-45(25-35)50-42-18-12-11-17-40(42)41-21-20-38(29-44(41)50)52-39-27-36(31(4)5)26-37(28-39)51-43(22-19-30(2)3)47(34(8)49-51)46-32(6)14-13-15-33(46)7/h11-15,17-18,20-21,23-31H,9-10,16,19,22H2,1-8H3. The highest BCUT2D eigenvalue weighted by Gasteiger charge is 2.22. The zero-order chi connectivity index (χ0) is 36.5. The Labute approximate surface area is 309 Å². The Balaban J connectivity index is 1.34. The number of benzene rings is 4. The number of fused-ring (bicyclic) bond motifs is 3. The van der Waals surface area contributed by atoms with Crippen LogP contribution in [0.5, 0.6) is 11.5 Å². The minimum Gasteiger partial charge on any atom is -0.457 e. The summed E-state index contributed by atoms with van der Waals surface area (Å²) >= 11 is 0. The first-order valence-corrected chi connectivity index (χ1v) is 19.1. The van der Waals surface area contributed by atoms with Crippen LogP contribution in [-0.2, 0) is 12.8 Å². The first-order valence-electron chi connectivity index (χ1n) is 19.1. The predicted molar refractivity (Wildman–Crippen MR) is 218 cm³/mol. The third kappa shape index (κ3) is 6.89. The van der Waals surface area contributed by atoms with Crippen molar-refractivity contribution in [3.8, 4) is 34.1 Å². The zero-order valence-corrected chi connectivity index (χ0v) is 32.1. The van der Waals surface area contributed by atoms with Crippen molar-refractivity contribution in [3.05, 3.63) is 131 Å². The van der Waals surface area contributed by atoms with E-state index in [0.29, 0.717) is 11.8 Å². The number of hydrogen-bond donors (Lipinski definition) is 0. The quantitative estimate of drug-likeness (QED) is 0.128. The molecule has 3 heterocycles. The Hall–Kier alpha value is -5.16. The van der Waals surface area contributed by atoms with Gasteiger partial charge >= 0.3 is 0 Å². The monoisotopic (exact) mass is 688 g/mol. The predicted octanol–water partition coefficient (Wildman–Crippen LogP) is 12.8. The SMILES string of the molecule is CCCCc1ccnc(-n2c3ccccc3c3ccc(Oc4cc(C(C)C)cc(-n5nc(C)c(-c6c(C)cccc6C)c5CCC(C)C)c4)cc32)c1. The van der Waals surface area contributed by atoms with Crippen LogP contribution < -0.4 is 4.74 Å². The fraction of sp³-hybridized carbons (Fsp3) is 0.319. The second kappa shape index (κ2) is 14.8. The van der Waals surface area contributed by atoms with E-state index >= 15 is 0 Å². The summed E-state index contributed by atoms with van der Waals surface area (Å²) in [6.45, 7) is 17.9. The number of nitrogens with zero attached hydrogens (tertiary/aromatic N) is 4. The second-order valence-electron chi connectivity index (χ2n) is 15.2. The molecule has 3 aromatic heterocycles. The molecule has 0 fully saturated rings. The highest BCUT2D eigenvalue weighted by atomic mass is 16.5. The van der Waals surface area contributed by atoms with Gasteiger partial charge in [0.05, 0.1) is 28.1 Å². The average molecular weight is 689 g/mol. The number of rotatable bonds is 12. The Kier molecular flexibility index (Phi) is 10.1. The Morgan fingerprint density at radius 1 is 0.712 bits per heavy atom. The molecule has 0 atom stereocenters. The molecule has 0 N–H and O–H groups in total. The van der Waals surface area contributed by atoms with E-state index < -0.39 is 0 Å². The third-order valence-corrected chi connectivity index (χ3v) is 10.4. The van der Waals surface area contributed by atoms with Crippen LogP contribution in [0.4, 0.5) is 0 Å². The summed E-state index contributed by atoms with van der Waals surface area (Å²) in [6.07, 6.45) is 7.35. The number of pyridine rings is 1. The number of hydrogen-bond acceptors (Lipinski definition) is 3. The van der Waals surface area contributed by atoms with E-state index in [2.05, 4.69) is 156 Å². The highest BCUT2D eigenvalue weighted by Crippen LogP contribution is 2.39. The molecule has 0 amide bonds. The van der Waals surface area contributed by atoms with Crippen LogP contribution in [0, 0.1) is 26.7 Å². The van der Waals surface area contributed by atoms with Crippen LogP contribution in [-0.4, -0.2) is 19.3 Å². The van der Waals surface area contributed by atoms with Crippen molar-refractivity contribution in [2.45, 2.75) is 93.4 Å². The number of aromatic nitrogens is 4. The lowest BCUT2D eigenvalue weighted by molar-refractivity contribution is 0.481. The first-order chi connectivity index (χ1) is 25.1. The molecule has 0 saturated carbocycles. The van der Waals surface area contributed by atoms with Gasteiger partial charge in [0.25, 0.3) is 0 Å². The van der Waals surface area contributed by atoms with Gasteiger partial charge in [0.2, 0.25) is 0 Å². The fourth-order valence-electron chi connectivity index (χ4n) is 7.62. The van der Waals surface area contributed by atoms with Crippen LogP contribution in [0.15, 0.2) is 97.2 Å². The van der Waals surface area contributed by atoms with E-state index in [1.165, 1.54) is 56.3 Å². The molecule has 266 valence electrons. The van der Waals surface area contributed by atoms with Gasteiger partial charge in [-0.2, -0.15) is 5.10 Å². The van der Waals surface area contributed by atoms with Gasteiger partial charge in [0.1, 0.15) is 17.3 Å². The molecule has 5 heteroatoms. The van der Waals surface area contributed by atoms with Crippen LogP contribution in [0.1, 0.15) is 93.4 Å². The van der Waals surface area contributed by atoms with E-state index in [-0.39, 0.29) is 0 Å². The summed E-state index contributed by atoms with van der Waals surface area (Å²) in [5.74, 6) is 3.42. The number of aryl methyl sites for hydroxylation is 4. The van der Waals surface area contributed by atoms with Crippen LogP contribution >= 0.6 is 0 Å². The molecule has 7 aromatic rings. The van der Waals surface area contributed by atoms with Crippen molar-refractivity contribution < 1.29 is 4.74 Å². The molecule has 52 heavy (non-hydrogen) atoms. The van der Waals surface area contributed by atoms with Gasteiger partial charge in [0.15, 0.2) is 0 Å². The fourth-order valence-corrected chi connectivity index (χ4v) is 7.62. The molecular formula is C47H52N4O. The molecular weight excluding hydrogens is 637 g/mol. The smallest absolute Gasteiger partial charge is 0.137 e. The van der Waals surface area contributed by atoms with Crippen molar-refractivity contribution in [1.82, 2.24) is 19.3 Å². The van der Waals surface area contributed by atoms with Gasteiger partial charge in [-0.05, 0) is 129 Å². The number of para-hydroxylation sites is 1. The van der Waals surface area contributed by atoms with Crippen molar-refractivity contribution >= 4 is 21.8 Å². The molecule has 0 radical (unpaired) electrons. The summed E-state index contributed by atoms with van der Waals surface area (Å²) in [7, 11) is 0. The van der Waals surface area contributed by atoms with E-state index in [9.17, 15) is 0 Å². The molecule has 0 aliphatic heterocycles. The molecule has 0 spiro atoms.